The number of amides is 1. The van der Waals surface area contributed by atoms with Crippen LogP contribution in [0.2, 0.25) is 5.02 Å². The molecule has 0 atom stereocenters. The van der Waals surface area contributed by atoms with Crippen LogP contribution in [-0.4, -0.2) is 21.4 Å². The molecule has 0 aromatic heterocycles. The standard InChI is InChI=1S/C20H15ClF2N2O3S/c1-25(16-6-3-5-14(21)11-16)29(27,28)17-7-2-4-13(10-17)20(26)24-19-12-15(22)8-9-18(19)23/h2-12H,1H3,(H,24,26). The van der Waals surface area contributed by atoms with E-state index in [0.717, 1.165) is 28.6 Å². The quantitative estimate of drug-likeness (QED) is 0.630. The summed E-state index contributed by atoms with van der Waals surface area (Å²) in [7, 11) is -2.63. The van der Waals surface area contributed by atoms with E-state index in [1.807, 2.05) is 0 Å². The lowest BCUT2D eigenvalue weighted by molar-refractivity contribution is 0.102. The SMILES string of the molecule is CN(c1cccc(Cl)c1)S(=O)(=O)c1cccc(C(=O)Nc2cc(F)ccc2F)c1. The zero-order valence-electron chi connectivity index (χ0n) is 15.1. The lowest BCUT2D eigenvalue weighted by Crippen LogP contribution is -2.27. The molecule has 9 heteroatoms. The van der Waals surface area contributed by atoms with Crippen molar-refractivity contribution in [2.24, 2.45) is 0 Å². The summed E-state index contributed by atoms with van der Waals surface area (Å²) < 4.78 is 53.9. The Kier molecular flexibility index (Phi) is 5.86. The number of hydrogen-bond acceptors (Lipinski definition) is 3. The predicted molar refractivity (Wildman–Crippen MR) is 108 cm³/mol. The van der Waals surface area contributed by atoms with Crippen LogP contribution in [0.25, 0.3) is 0 Å². The van der Waals surface area contributed by atoms with Gasteiger partial charge in [0.2, 0.25) is 0 Å². The number of carbonyl (C=O) groups is 1. The predicted octanol–water partition coefficient (Wildman–Crippen LogP) is 4.70. The minimum atomic E-state index is -3.99. The second-order valence-corrected chi connectivity index (χ2v) is 8.46. The van der Waals surface area contributed by atoms with E-state index in [-0.39, 0.29) is 16.1 Å². The summed E-state index contributed by atoms with van der Waals surface area (Å²) in [6.07, 6.45) is 0. The van der Waals surface area contributed by atoms with Gasteiger partial charge in [-0.05, 0) is 48.5 Å². The molecule has 150 valence electrons. The summed E-state index contributed by atoms with van der Waals surface area (Å²) >= 11 is 5.92. The Hall–Kier alpha value is -2.97. The molecule has 3 rings (SSSR count). The third-order valence-corrected chi connectivity index (χ3v) is 6.12. The van der Waals surface area contributed by atoms with E-state index in [1.54, 1.807) is 18.2 Å². The molecule has 1 N–H and O–H groups in total. The van der Waals surface area contributed by atoms with E-state index in [0.29, 0.717) is 10.7 Å². The molecule has 0 saturated carbocycles. The van der Waals surface area contributed by atoms with Gasteiger partial charge in [0.25, 0.3) is 15.9 Å². The van der Waals surface area contributed by atoms with Crippen LogP contribution >= 0.6 is 11.6 Å². The first-order valence-electron chi connectivity index (χ1n) is 8.29. The van der Waals surface area contributed by atoms with Crippen molar-refractivity contribution in [3.63, 3.8) is 0 Å². The average molecular weight is 437 g/mol. The highest BCUT2D eigenvalue weighted by atomic mass is 35.5. The van der Waals surface area contributed by atoms with Crippen molar-refractivity contribution in [3.05, 3.63) is 89.0 Å². The third kappa shape index (κ3) is 4.55. The van der Waals surface area contributed by atoms with E-state index < -0.39 is 27.6 Å². The van der Waals surface area contributed by atoms with Crippen molar-refractivity contribution in [1.82, 2.24) is 0 Å². The molecule has 0 radical (unpaired) electrons. The average Bonchev–Trinajstić information content (AvgIpc) is 2.70. The van der Waals surface area contributed by atoms with Gasteiger partial charge in [0, 0.05) is 23.7 Å². The first kappa shape index (κ1) is 20.8. The number of anilines is 2. The second kappa shape index (κ2) is 8.18. The van der Waals surface area contributed by atoms with Gasteiger partial charge in [0.1, 0.15) is 11.6 Å². The molecular formula is C20H15ClF2N2O3S. The number of benzene rings is 3. The number of halogens is 3. The van der Waals surface area contributed by atoms with Crippen LogP contribution in [0.4, 0.5) is 20.2 Å². The fourth-order valence-electron chi connectivity index (χ4n) is 2.55. The van der Waals surface area contributed by atoms with E-state index in [1.165, 1.54) is 31.3 Å². The van der Waals surface area contributed by atoms with Gasteiger partial charge in [-0.2, -0.15) is 0 Å². The maximum atomic E-state index is 13.7. The van der Waals surface area contributed by atoms with Crippen LogP contribution in [0.3, 0.4) is 0 Å². The molecule has 0 aliphatic carbocycles. The molecule has 1 amide bonds. The van der Waals surface area contributed by atoms with Crippen molar-refractivity contribution in [2.75, 3.05) is 16.7 Å². The van der Waals surface area contributed by atoms with Crippen molar-refractivity contribution in [1.29, 1.82) is 0 Å². The number of rotatable bonds is 5. The molecule has 29 heavy (non-hydrogen) atoms. The molecule has 3 aromatic rings. The topological polar surface area (TPSA) is 66.5 Å². The van der Waals surface area contributed by atoms with Gasteiger partial charge in [-0.25, -0.2) is 17.2 Å². The van der Waals surface area contributed by atoms with Crippen LogP contribution in [0.15, 0.2) is 71.6 Å². The number of nitrogens with one attached hydrogen (secondary N) is 1. The first-order chi connectivity index (χ1) is 13.7. The first-order valence-corrected chi connectivity index (χ1v) is 10.1. The molecule has 0 heterocycles. The summed E-state index contributed by atoms with van der Waals surface area (Å²) in [6, 6.07) is 14.2. The lowest BCUT2D eigenvalue weighted by Gasteiger charge is -2.20. The molecule has 0 aliphatic heterocycles. The van der Waals surface area contributed by atoms with Crippen molar-refractivity contribution in [3.8, 4) is 0 Å². The Bertz CT molecular complexity index is 1190. The Morgan fingerprint density at radius 3 is 2.45 bits per heavy atom. The fraction of sp³-hybridized carbons (Fsp3) is 0.0500. The number of carbonyl (C=O) groups excluding carboxylic acids is 1. The molecule has 5 nitrogen and oxygen atoms in total. The van der Waals surface area contributed by atoms with Gasteiger partial charge < -0.3 is 5.32 Å². The third-order valence-electron chi connectivity index (χ3n) is 4.10. The van der Waals surface area contributed by atoms with E-state index in [2.05, 4.69) is 5.32 Å². The zero-order valence-corrected chi connectivity index (χ0v) is 16.6. The maximum absolute atomic E-state index is 13.7. The minimum Gasteiger partial charge on any atom is -0.319 e. The van der Waals surface area contributed by atoms with Crippen LogP contribution in [-0.2, 0) is 10.0 Å². The minimum absolute atomic E-state index is 0.0331. The molecular weight excluding hydrogens is 422 g/mol. The van der Waals surface area contributed by atoms with E-state index >= 15 is 0 Å². The fourth-order valence-corrected chi connectivity index (χ4v) is 3.97. The molecule has 0 unspecified atom stereocenters. The Morgan fingerprint density at radius 2 is 1.72 bits per heavy atom. The summed E-state index contributed by atoms with van der Waals surface area (Å²) in [4.78, 5) is 12.3. The molecule has 0 fully saturated rings. The molecule has 0 spiro atoms. The van der Waals surface area contributed by atoms with Crippen LogP contribution in [0.5, 0.6) is 0 Å². The Labute approximate surface area is 171 Å². The van der Waals surface area contributed by atoms with Crippen LogP contribution in [0, 0.1) is 11.6 Å². The van der Waals surface area contributed by atoms with Crippen molar-refractivity contribution < 1.29 is 22.0 Å². The van der Waals surface area contributed by atoms with Gasteiger partial charge in [0.05, 0.1) is 16.3 Å². The Morgan fingerprint density at radius 1 is 1.00 bits per heavy atom. The summed E-state index contributed by atoms with van der Waals surface area (Å²) in [5.41, 5.74) is -0.0391. The van der Waals surface area contributed by atoms with E-state index in [4.69, 9.17) is 11.6 Å². The highest BCUT2D eigenvalue weighted by molar-refractivity contribution is 7.92. The molecule has 0 bridgehead atoms. The van der Waals surface area contributed by atoms with Gasteiger partial charge in [-0.15, -0.1) is 0 Å². The second-order valence-electron chi connectivity index (χ2n) is 6.06. The lowest BCUT2D eigenvalue weighted by atomic mass is 10.2. The molecule has 3 aromatic carbocycles. The summed E-state index contributed by atoms with van der Waals surface area (Å²) in [5.74, 6) is -2.32. The van der Waals surface area contributed by atoms with Gasteiger partial charge in [-0.1, -0.05) is 23.7 Å². The van der Waals surface area contributed by atoms with Crippen molar-refractivity contribution in [2.45, 2.75) is 4.90 Å². The van der Waals surface area contributed by atoms with Crippen LogP contribution < -0.4 is 9.62 Å². The highest BCUT2D eigenvalue weighted by Crippen LogP contribution is 2.25. The smallest absolute Gasteiger partial charge is 0.264 e. The summed E-state index contributed by atoms with van der Waals surface area (Å²) in [5, 5.41) is 2.60. The monoisotopic (exact) mass is 436 g/mol. The van der Waals surface area contributed by atoms with Gasteiger partial charge in [0.15, 0.2) is 0 Å². The number of hydrogen-bond donors (Lipinski definition) is 1. The highest BCUT2D eigenvalue weighted by Gasteiger charge is 2.23. The number of nitrogens with zero attached hydrogens (tertiary/aromatic N) is 1. The normalized spacial score (nSPS) is 11.2. The largest absolute Gasteiger partial charge is 0.319 e. The van der Waals surface area contributed by atoms with Crippen molar-refractivity contribution >= 4 is 38.9 Å². The number of sulfonamides is 1. The zero-order chi connectivity index (χ0) is 21.2. The van der Waals surface area contributed by atoms with Gasteiger partial charge in [-0.3, -0.25) is 9.10 Å². The molecule has 0 aliphatic rings. The van der Waals surface area contributed by atoms with Crippen LogP contribution in [0.1, 0.15) is 10.4 Å². The van der Waals surface area contributed by atoms with E-state index in [9.17, 15) is 22.0 Å². The van der Waals surface area contributed by atoms with Gasteiger partial charge >= 0.3 is 0 Å². The Balaban J connectivity index is 1.90. The maximum Gasteiger partial charge on any atom is 0.264 e. The summed E-state index contributed by atoms with van der Waals surface area (Å²) in [6.45, 7) is 0. The molecule has 0 saturated heterocycles.